The van der Waals surface area contributed by atoms with E-state index in [4.69, 9.17) is 13.7 Å². The van der Waals surface area contributed by atoms with Gasteiger partial charge in [-0.2, -0.15) is 12.8 Å². The topological polar surface area (TPSA) is 108 Å². The quantitative estimate of drug-likeness (QED) is 0.0935. The SMILES string of the molecule is C=CCCCOc1c(F)c(F)cc(C)c1-c1cc(C2CC2)c(F)c([C@H](CC(=O)OCC)NC(=O)[C@@H](CC=C)OS(C)(=O)=O)c1. The number of nitrogens with one attached hydrogen (secondary N) is 1. The Morgan fingerprint density at radius 2 is 1.82 bits per heavy atom. The fourth-order valence-electron chi connectivity index (χ4n) is 4.82. The van der Waals surface area contributed by atoms with E-state index < -0.39 is 58.0 Å². The number of aryl methyl sites for hydroxylation is 1. The average molecular weight is 638 g/mol. The number of hydrogen-bond acceptors (Lipinski definition) is 7. The van der Waals surface area contributed by atoms with Gasteiger partial charge in [-0.05, 0) is 80.3 Å². The Hall–Kier alpha value is -3.64. The third-order valence-electron chi connectivity index (χ3n) is 6.94. The van der Waals surface area contributed by atoms with Crippen LogP contribution in [0.1, 0.15) is 74.1 Å². The molecule has 1 aliphatic carbocycles. The summed E-state index contributed by atoms with van der Waals surface area (Å²) in [5.41, 5.74) is 0.954. The molecule has 0 radical (unpaired) electrons. The molecular formula is C32H38F3NO7S. The second kappa shape index (κ2) is 15.4. The maximum Gasteiger partial charge on any atom is 0.308 e. The fraction of sp³-hybridized carbons (Fsp3) is 0.438. The van der Waals surface area contributed by atoms with E-state index in [1.54, 1.807) is 26.0 Å². The summed E-state index contributed by atoms with van der Waals surface area (Å²) in [6, 6.07) is 2.57. The highest BCUT2D eigenvalue weighted by Crippen LogP contribution is 2.46. The van der Waals surface area contributed by atoms with Gasteiger partial charge in [0.25, 0.3) is 16.0 Å². The molecule has 2 atom stereocenters. The molecular weight excluding hydrogens is 599 g/mol. The van der Waals surface area contributed by atoms with Crippen LogP contribution in [0.4, 0.5) is 13.2 Å². The summed E-state index contributed by atoms with van der Waals surface area (Å²) >= 11 is 0. The number of amides is 1. The van der Waals surface area contributed by atoms with Gasteiger partial charge in [0.1, 0.15) is 5.82 Å². The van der Waals surface area contributed by atoms with Gasteiger partial charge in [-0.1, -0.05) is 12.2 Å². The van der Waals surface area contributed by atoms with Crippen molar-refractivity contribution in [3.8, 4) is 16.9 Å². The van der Waals surface area contributed by atoms with Gasteiger partial charge in [-0.15, -0.1) is 13.2 Å². The largest absolute Gasteiger partial charge is 0.490 e. The van der Waals surface area contributed by atoms with Crippen LogP contribution in [0.2, 0.25) is 0 Å². The summed E-state index contributed by atoms with van der Waals surface area (Å²) in [4.78, 5) is 25.9. The molecule has 0 saturated heterocycles. The predicted molar refractivity (Wildman–Crippen MR) is 160 cm³/mol. The minimum absolute atomic E-state index is 0.0201. The van der Waals surface area contributed by atoms with Gasteiger partial charge in [0.2, 0.25) is 5.82 Å². The summed E-state index contributed by atoms with van der Waals surface area (Å²) < 4.78 is 85.2. The molecule has 0 aliphatic heterocycles. The number of hydrogen-bond donors (Lipinski definition) is 1. The number of halogens is 3. The molecule has 0 spiro atoms. The van der Waals surface area contributed by atoms with Crippen molar-refractivity contribution in [3.05, 3.63) is 77.7 Å². The maximum atomic E-state index is 16.2. The van der Waals surface area contributed by atoms with E-state index in [0.29, 0.717) is 31.2 Å². The van der Waals surface area contributed by atoms with Crippen molar-refractivity contribution < 1.29 is 44.8 Å². The zero-order valence-corrected chi connectivity index (χ0v) is 25.9. The Kier molecular flexibility index (Phi) is 12.2. The Morgan fingerprint density at radius 1 is 1.11 bits per heavy atom. The van der Waals surface area contributed by atoms with Crippen LogP contribution >= 0.6 is 0 Å². The van der Waals surface area contributed by atoms with Crippen LogP contribution in [0.15, 0.2) is 43.5 Å². The number of ether oxygens (including phenoxy) is 2. The van der Waals surface area contributed by atoms with E-state index in [9.17, 15) is 22.4 Å². The standard InChI is InChI=1S/C32H38F3NO7S/c1-6-9-10-14-42-31-28(19(4)15-24(33)30(31)35)21-16-22(20-12-13-20)29(34)23(17-21)25(18-27(37)41-8-3)36-32(38)26(11-7-2)43-44(5,39)40/h6-7,15-17,20,25-26H,1-2,8-14,18H2,3-5H3,(H,36,38)/t25-,26+/m0/s1. The van der Waals surface area contributed by atoms with E-state index in [0.717, 1.165) is 12.3 Å². The first-order valence-electron chi connectivity index (χ1n) is 14.3. The van der Waals surface area contributed by atoms with Crippen LogP contribution in [0.25, 0.3) is 11.1 Å². The predicted octanol–water partition coefficient (Wildman–Crippen LogP) is 6.33. The average Bonchev–Trinajstić information content (AvgIpc) is 3.78. The molecule has 0 unspecified atom stereocenters. The molecule has 240 valence electrons. The molecule has 8 nitrogen and oxygen atoms in total. The zero-order chi connectivity index (χ0) is 32.6. The normalized spacial score (nSPS) is 14.4. The Balaban J connectivity index is 2.19. The number of unbranched alkanes of at least 4 members (excludes halogenated alkanes) is 1. The van der Waals surface area contributed by atoms with Crippen molar-refractivity contribution >= 4 is 22.0 Å². The van der Waals surface area contributed by atoms with Crippen LogP contribution in [-0.4, -0.2) is 45.9 Å². The Labute approximate surface area is 256 Å². The summed E-state index contributed by atoms with van der Waals surface area (Å²) in [6.07, 6.45) is 3.93. The number of allylic oxidation sites excluding steroid dienone is 1. The zero-order valence-electron chi connectivity index (χ0n) is 25.1. The smallest absolute Gasteiger partial charge is 0.308 e. The van der Waals surface area contributed by atoms with E-state index in [1.807, 2.05) is 0 Å². The third kappa shape index (κ3) is 9.18. The van der Waals surface area contributed by atoms with Crippen molar-refractivity contribution in [1.29, 1.82) is 0 Å². The Morgan fingerprint density at radius 3 is 2.41 bits per heavy atom. The molecule has 2 aromatic rings. The third-order valence-corrected chi connectivity index (χ3v) is 7.52. The minimum Gasteiger partial charge on any atom is -0.490 e. The lowest BCUT2D eigenvalue weighted by Crippen LogP contribution is -2.40. The highest BCUT2D eigenvalue weighted by Gasteiger charge is 2.34. The first-order valence-corrected chi connectivity index (χ1v) is 16.1. The van der Waals surface area contributed by atoms with Gasteiger partial charge in [0.05, 0.1) is 31.9 Å². The summed E-state index contributed by atoms with van der Waals surface area (Å²) in [7, 11) is -4.07. The van der Waals surface area contributed by atoms with Gasteiger partial charge in [0.15, 0.2) is 17.7 Å². The molecule has 1 N–H and O–H groups in total. The summed E-state index contributed by atoms with van der Waals surface area (Å²) in [6.45, 7) is 10.4. The van der Waals surface area contributed by atoms with Gasteiger partial charge in [-0.3, -0.25) is 13.8 Å². The van der Waals surface area contributed by atoms with Crippen LogP contribution in [0.3, 0.4) is 0 Å². The monoisotopic (exact) mass is 637 g/mol. The minimum atomic E-state index is -4.07. The van der Waals surface area contributed by atoms with Gasteiger partial charge >= 0.3 is 5.97 Å². The van der Waals surface area contributed by atoms with E-state index in [2.05, 4.69) is 18.5 Å². The number of esters is 1. The molecule has 0 heterocycles. The molecule has 1 aliphatic rings. The van der Waals surface area contributed by atoms with Crippen LogP contribution in [-0.2, 0) is 28.6 Å². The highest BCUT2D eigenvalue weighted by molar-refractivity contribution is 7.86. The van der Waals surface area contributed by atoms with Crippen molar-refractivity contribution in [1.82, 2.24) is 5.32 Å². The van der Waals surface area contributed by atoms with Crippen LogP contribution in [0, 0.1) is 24.4 Å². The molecule has 1 amide bonds. The van der Waals surface area contributed by atoms with E-state index >= 15 is 8.78 Å². The van der Waals surface area contributed by atoms with Crippen molar-refractivity contribution in [2.24, 2.45) is 0 Å². The van der Waals surface area contributed by atoms with Crippen molar-refractivity contribution in [3.63, 3.8) is 0 Å². The molecule has 3 rings (SSSR count). The first-order chi connectivity index (χ1) is 20.8. The van der Waals surface area contributed by atoms with Crippen molar-refractivity contribution in [2.75, 3.05) is 19.5 Å². The first kappa shape index (κ1) is 34.8. The fourth-order valence-corrected chi connectivity index (χ4v) is 5.41. The number of carbonyl (C=O) groups is 2. The molecule has 1 saturated carbocycles. The molecule has 44 heavy (non-hydrogen) atoms. The molecule has 12 heteroatoms. The van der Waals surface area contributed by atoms with E-state index in [1.165, 1.54) is 12.1 Å². The molecule has 1 fully saturated rings. The second-order valence-corrected chi connectivity index (χ2v) is 12.2. The lowest BCUT2D eigenvalue weighted by atomic mass is 9.90. The van der Waals surface area contributed by atoms with Gasteiger partial charge in [0, 0.05) is 17.5 Å². The Bertz CT molecular complexity index is 1510. The number of rotatable bonds is 17. The molecule has 0 bridgehead atoms. The summed E-state index contributed by atoms with van der Waals surface area (Å²) in [5, 5.41) is 2.54. The van der Waals surface area contributed by atoms with E-state index in [-0.39, 0.29) is 53.6 Å². The lowest BCUT2D eigenvalue weighted by Gasteiger charge is -2.24. The van der Waals surface area contributed by atoms with Gasteiger partial charge in [-0.25, -0.2) is 8.78 Å². The van der Waals surface area contributed by atoms with Gasteiger partial charge < -0.3 is 14.8 Å². The number of carbonyl (C=O) groups excluding carboxylic acids is 2. The molecule has 2 aromatic carbocycles. The maximum absolute atomic E-state index is 16.2. The van der Waals surface area contributed by atoms with Crippen LogP contribution < -0.4 is 10.1 Å². The second-order valence-electron chi connectivity index (χ2n) is 10.6. The van der Waals surface area contributed by atoms with Crippen LogP contribution in [0.5, 0.6) is 5.75 Å². The molecule has 0 aromatic heterocycles. The lowest BCUT2D eigenvalue weighted by molar-refractivity contribution is -0.144. The summed E-state index contributed by atoms with van der Waals surface area (Å²) in [5.74, 6) is -5.20. The number of benzene rings is 2. The highest BCUT2D eigenvalue weighted by atomic mass is 32.2. The van der Waals surface area contributed by atoms with Crippen molar-refractivity contribution in [2.45, 2.75) is 70.4 Å².